The number of nitrogens with one attached hydrogen (secondary N) is 2. The molecule has 1 saturated carbocycles. The summed E-state index contributed by atoms with van der Waals surface area (Å²) in [5, 5.41) is 5.93. The molecule has 204 valence electrons. The Morgan fingerprint density at radius 2 is 1.63 bits per heavy atom. The molecular formula is C30H40N4O4. The zero-order valence-electron chi connectivity index (χ0n) is 22.2. The van der Waals surface area contributed by atoms with Crippen LogP contribution in [0.25, 0.3) is 0 Å². The molecule has 3 amide bonds. The van der Waals surface area contributed by atoms with Crippen molar-refractivity contribution in [3.8, 4) is 0 Å². The average molecular weight is 521 g/mol. The molecule has 0 spiro atoms. The van der Waals surface area contributed by atoms with Crippen molar-refractivity contribution in [1.29, 1.82) is 0 Å². The van der Waals surface area contributed by atoms with E-state index in [1.807, 2.05) is 36.4 Å². The molecule has 0 aromatic heterocycles. The molecule has 2 aromatic carbocycles. The first-order chi connectivity index (χ1) is 18.2. The van der Waals surface area contributed by atoms with E-state index in [0.29, 0.717) is 44.2 Å². The Labute approximate surface area is 224 Å². The van der Waals surface area contributed by atoms with Crippen LogP contribution in [0.15, 0.2) is 60.7 Å². The third-order valence-electron chi connectivity index (χ3n) is 7.51. The lowest BCUT2D eigenvalue weighted by Crippen LogP contribution is -2.50. The summed E-state index contributed by atoms with van der Waals surface area (Å²) in [7, 11) is 0. The van der Waals surface area contributed by atoms with Crippen LogP contribution in [0.2, 0.25) is 0 Å². The molecular weight excluding hydrogens is 480 g/mol. The molecule has 6 N–H and O–H groups in total. The molecule has 0 bridgehead atoms. The van der Waals surface area contributed by atoms with Gasteiger partial charge < -0.3 is 22.1 Å². The maximum absolute atomic E-state index is 13.8. The second-order valence-electron chi connectivity index (χ2n) is 10.6. The van der Waals surface area contributed by atoms with Crippen LogP contribution in [0.3, 0.4) is 0 Å². The topological polar surface area (TPSA) is 144 Å². The standard InChI is InChI=1S/C30H40N4O4/c1-30(17-8-9-18-31,29(38)34-24-16-10-15-23(24)27(32)36)20-26(35)25(19-21-11-4-2-5-12-21)33-28(37)22-13-6-3-7-14-22/h2-7,11-14,23-25H,8-10,15-20,31H2,1H3,(H2,32,36)(H,33,37)(H,34,38)/t23-,24+,25+,30-/m1/s1. The van der Waals surface area contributed by atoms with E-state index in [4.69, 9.17) is 11.5 Å². The molecule has 0 saturated heterocycles. The predicted molar refractivity (Wildman–Crippen MR) is 147 cm³/mol. The van der Waals surface area contributed by atoms with Crippen LogP contribution in [0.1, 0.15) is 67.8 Å². The van der Waals surface area contributed by atoms with Crippen LogP contribution in [0.4, 0.5) is 0 Å². The molecule has 1 fully saturated rings. The Hall–Kier alpha value is -3.52. The maximum Gasteiger partial charge on any atom is 0.251 e. The highest BCUT2D eigenvalue weighted by molar-refractivity contribution is 5.99. The Morgan fingerprint density at radius 3 is 2.26 bits per heavy atom. The highest BCUT2D eigenvalue weighted by Gasteiger charge is 2.41. The molecule has 2 aromatic rings. The van der Waals surface area contributed by atoms with Crippen LogP contribution in [0.5, 0.6) is 0 Å². The van der Waals surface area contributed by atoms with Gasteiger partial charge in [-0.05, 0) is 56.3 Å². The molecule has 38 heavy (non-hydrogen) atoms. The fourth-order valence-electron chi connectivity index (χ4n) is 5.19. The van der Waals surface area contributed by atoms with Gasteiger partial charge >= 0.3 is 0 Å². The lowest BCUT2D eigenvalue weighted by molar-refractivity contribution is -0.137. The summed E-state index contributed by atoms with van der Waals surface area (Å²) in [4.78, 5) is 52.3. The van der Waals surface area contributed by atoms with Crippen LogP contribution >= 0.6 is 0 Å². The highest BCUT2D eigenvalue weighted by Crippen LogP contribution is 2.32. The average Bonchev–Trinajstić information content (AvgIpc) is 3.38. The number of Topliss-reactive ketones (excluding diaryl/α,β-unsaturated/α-hetero) is 1. The minimum Gasteiger partial charge on any atom is -0.369 e. The Morgan fingerprint density at radius 1 is 0.974 bits per heavy atom. The largest absolute Gasteiger partial charge is 0.369 e. The number of carbonyl (C=O) groups is 4. The summed E-state index contributed by atoms with van der Waals surface area (Å²) in [6, 6.07) is 17.1. The van der Waals surface area contributed by atoms with E-state index in [1.165, 1.54) is 0 Å². The van der Waals surface area contributed by atoms with Gasteiger partial charge in [-0.3, -0.25) is 19.2 Å². The zero-order valence-corrected chi connectivity index (χ0v) is 22.2. The maximum atomic E-state index is 13.8. The fourth-order valence-corrected chi connectivity index (χ4v) is 5.19. The number of amides is 3. The summed E-state index contributed by atoms with van der Waals surface area (Å²) in [5.41, 5.74) is 11.6. The van der Waals surface area contributed by atoms with E-state index >= 15 is 0 Å². The van der Waals surface area contributed by atoms with Gasteiger partial charge in [0.1, 0.15) is 0 Å². The third-order valence-corrected chi connectivity index (χ3v) is 7.51. The molecule has 0 radical (unpaired) electrons. The van der Waals surface area contributed by atoms with Gasteiger partial charge in [-0.1, -0.05) is 68.3 Å². The summed E-state index contributed by atoms with van der Waals surface area (Å²) in [6.07, 6.45) is 4.26. The zero-order chi connectivity index (χ0) is 27.5. The number of primary amides is 1. The smallest absolute Gasteiger partial charge is 0.251 e. The van der Waals surface area contributed by atoms with Crippen molar-refractivity contribution < 1.29 is 19.2 Å². The Balaban J connectivity index is 1.81. The number of unbranched alkanes of at least 4 members (excludes halogenated alkanes) is 1. The van der Waals surface area contributed by atoms with Crippen molar-refractivity contribution in [2.24, 2.45) is 22.8 Å². The predicted octanol–water partition coefficient (Wildman–Crippen LogP) is 2.89. The number of nitrogens with two attached hydrogens (primary N) is 2. The van der Waals surface area contributed by atoms with Crippen molar-refractivity contribution in [3.05, 3.63) is 71.8 Å². The SMILES string of the molecule is C[C@@](CCCCN)(CC(=O)[C@H](Cc1ccccc1)NC(=O)c1ccccc1)C(=O)N[C@H]1CCC[C@H]1C(N)=O. The monoisotopic (exact) mass is 520 g/mol. The van der Waals surface area contributed by atoms with E-state index in [1.54, 1.807) is 31.2 Å². The highest BCUT2D eigenvalue weighted by atomic mass is 16.2. The van der Waals surface area contributed by atoms with Crippen LogP contribution in [0, 0.1) is 11.3 Å². The number of carbonyl (C=O) groups excluding carboxylic acids is 4. The van der Waals surface area contributed by atoms with E-state index in [9.17, 15) is 19.2 Å². The number of rotatable bonds is 14. The van der Waals surface area contributed by atoms with E-state index in [-0.39, 0.29) is 30.1 Å². The lowest BCUT2D eigenvalue weighted by Gasteiger charge is -2.32. The normalized spacial score (nSPS) is 19.2. The van der Waals surface area contributed by atoms with Crippen molar-refractivity contribution in [3.63, 3.8) is 0 Å². The van der Waals surface area contributed by atoms with Crippen molar-refractivity contribution in [2.75, 3.05) is 6.54 Å². The molecule has 1 aliphatic rings. The van der Waals surface area contributed by atoms with E-state index < -0.39 is 23.3 Å². The molecule has 0 unspecified atom stereocenters. The van der Waals surface area contributed by atoms with Crippen molar-refractivity contribution in [1.82, 2.24) is 10.6 Å². The number of ketones is 1. The summed E-state index contributed by atoms with van der Waals surface area (Å²) in [5.74, 6) is -1.65. The minimum atomic E-state index is -1.02. The lowest BCUT2D eigenvalue weighted by atomic mass is 9.77. The van der Waals surface area contributed by atoms with Gasteiger partial charge in [0.25, 0.3) is 5.91 Å². The summed E-state index contributed by atoms with van der Waals surface area (Å²) in [6.45, 7) is 2.27. The number of benzene rings is 2. The molecule has 0 aliphatic heterocycles. The van der Waals surface area contributed by atoms with Crippen LogP contribution < -0.4 is 22.1 Å². The van der Waals surface area contributed by atoms with Gasteiger partial charge in [-0.25, -0.2) is 0 Å². The quantitative estimate of drug-likeness (QED) is 0.283. The van der Waals surface area contributed by atoms with Gasteiger partial charge in [-0.15, -0.1) is 0 Å². The first-order valence-corrected chi connectivity index (χ1v) is 13.5. The number of hydrogen-bond donors (Lipinski definition) is 4. The summed E-state index contributed by atoms with van der Waals surface area (Å²) >= 11 is 0. The van der Waals surface area contributed by atoms with Crippen LogP contribution in [-0.2, 0) is 20.8 Å². The van der Waals surface area contributed by atoms with Gasteiger partial charge in [-0.2, -0.15) is 0 Å². The van der Waals surface area contributed by atoms with Crippen molar-refractivity contribution >= 4 is 23.5 Å². The molecule has 4 atom stereocenters. The first kappa shape index (κ1) is 29.0. The van der Waals surface area contributed by atoms with Crippen LogP contribution in [-0.4, -0.2) is 42.1 Å². The molecule has 3 rings (SSSR count). The first-order valence-electron chi connectivity index (χ1n) is 13.5. The fraction of sp³-hybridized carbons (Fsp3) is 0.467. The Bertz CT molecular complexity index is 1090. The molecule has 0 heterocycles. The van der Waals surface area contributed by atoms with E-state index in [0.717, 1.165) is 18.4 Å². The van der Waals surface area contributed by atoms with Gasteiger partial charge in [0.2, 0.25) is 11.8 Å². The van der Waals surface area contributed by atoms with Gasteiger partial charge in [0.15, 0.2) is 5.78 Å². The minimum absolute atomic E-state index is 0.0517. The second kappa shape index (κ2) is 13.9. The molecule has 8 heteroatoms. The molecule has 1 aliphatic carbocycles. The van der Waals surface area contributed by atoms with Crippen molar-refractivity contribution in [2.45, 2.75) is 70.4 Å². The third kappa shape index (κ3) is 7.99. The second-order valence-corrected chi connectivity index (χ2v) is 10.6. The summed E-state index contributed by atoms with van der Waals surface area (Å²) < 4.78 is 0. The Kier molecular flexibility index (Phi) is 10.6. The van der Waals surface area contributed by atoms with Gasteiger partial charge in [0.05, 0.1) is 17.4 Å². The number of hydrogen-bond acceptors (Lipinski definition) is 5. The van der Waals surface area contributed by atoms with Gasteiger partial charge in [0, 0.05) is 18.0 Å². The molecule has 8 nitrogen and oxygen atoms in total. The van der Waals surface area contributed by atoms with E-state index in [2.05, 4.69) is 10.6 Å².